The molecule has 0 aliphatic carbocycles. The topological polar surface area (TPSA) is 12.0 Å². The highest BCUT2D eigenvalue weighted by Crippen LogP contribution is 2.20. The second-order valence-electron chi connectivity index (χ2n) is 3.69. The molecule has 1 aromatic carbocycles. The molecule has 0 heterocycles. The van der Waals surface area contributed by atoms with Crippen LogP contribution < -0.4 is 5.32 Å². The van der Waals surface area contributed by atoms with Gasteiger partial charge in [0.1, 0.15) is 0 Å². The van der Waals surface area contributed by atoms with Gasteiger partial charge in [0.25, 0.3) is 0 Å². The van der Waals surface area contributed by atoms with E-state index in [-0.39, 0.29) is 0 Å². The first kappa shape index (κ1) is 12.6. The van der Waals surface area contributed by atoms with Crippen LogP contribution in [0.15, 0.2) is 29.2 Å². The van der Waals surface area contributed by atoms with Gasteiger partial charge in [-0.15, -0.1) is 11.8 Å². The molecule has 0 saturated heterocycles. The quantitative estimate of drug-likeness (QED) is 0.735. The van der Waals surface area contributed by atoms with Crippen LogP contribution >= 0.6 is 11.8 Å². The lowest BCUT2D eigenvalue weighted by Gasteiger charge is -2.17. The van der Waals surface area contributed by atoms with Gasteiger partial charge in [0.15, 0.2) is 0 Å². The first-order valence-corrected chi connectivity index (χ1v) is 6.91. The van der Waals surface area contributed by atoms with E-state index in [0.717, 1.165) is 13.0 Å². The molecule has 0 saturated carbocycles. The predicted molar refractivity (Wildman–Crippen MR) is 69.5 cm³/mol. The monoisotopic (exact) mass is 223 g/mol. The molecular formula is C13H21NS. The molecule has 0 spiro atoms. The number of hydrogen-bond acceptors (Lipinski definition) is 2. The molecule has 0 radical (unpaired) electrons. The smallest absolute Gasteiger partial charge is 0.0317 e. The molecule has 1 nitrogen and oxygen atoms in total. The molecule has 0 amide bonds. The molecule has 1 aromatic rings. The third-order valence-electron chi connectivity index (χ3n) is 2.57. The summed E-state index contributed by atoms with van der Waals surface area (Å²) >= 11 is 1.79. The third-order valence-corrected chi connectivity index (χ3v) is 3.31. The Morgan fingerprint density at radius 1 is 1.20 bits per heavy atom. The number of thioether (sulfide) groups is 1. The van der Waals surface area contributed by atoms with Crippen molar-refractivity contribution in [1.29, 1.82) is 0 Å². The summed E-state index contributed by atoms with van der Waals surface area (Å²) < 4.78 is 0. The van der Waals surface area contributed by atoms with Crippen LogP contribution in [0.5, 0.6) is 0 Å². The second-order valence-corrected chi connectivity index (χ2v) is 4.57. The Balaban J connectivity index is 2.65. The molecule has 1 atom stereocenters. The molecule has 1 unspecified atom stereocenters. The maximum Gasteiger partial charge on any atom is 0.0317 e. The third kappa shape index (κ3) is 3.88. The van der Waals surface area contributed by atoms with Crippen LogP contribution in [0.2, 0.25) is 0 Å². The summed E-state index contributed by atoms with van der Waals surface area (Å²) in [6.45, 7) is 5.54. The van der Waals surface area contributed by atoms with Crippen molar-refractivity contribution >= 4 is 11.8 Å². The lowest BCUT2D eigenvalue weighted by molar-refractivity contribution is 0.518. The molecular weight excluding hydrogens is 202 g/mol. The number of benzene rings is 1. The zero-order chi connectivity index (χ0) is 11.1. The summed E-state index contributed by atoms with van der Waals surface area (Å²) in [6.07, 6.45) is 4.46. The maximum atomic E-state index is 3.57. The normalized spacial score (nSPS) is 12.7. The van der Waals surface area contributed by atoms with Gasteiger partial charge >= 0.3 is 0 Å². The van der Waals surface area contributed by atoms with E-state index in [1.807, 2.05) is 0 Å². The van der Waals surface area contributed by atoms with Crippen molar-refractivity contribution < 1.29 is 0 Å². The zero-order valence-corrected chi connectivity index (χ0v) is 10.7. The number of rotatable bonds is 6. The van der Waals surface area contributed by atoms with Gasteiger partial charge < -0.3 is 5.32 Å². The van der Waals surface area contributed by atoms with Gasteiger partial charge in [-0.05, 0) is 43.3 Å². The molecule has 0 aromatic heterocycles. The van der Waals surface area contributed by atoms with Gasteiger partial charge in [0, 0.05) is 10.9 Å². The number of hydrogen-bond donors (Lipinski definition) is 1. The summed E-state index contributed by atoms with van der Waals surface area (Å²) in [5, 5.41) is 3.57. The van der Waals surface area contributed by atoms with Crippen LogP contribution in [-0.4, -0.2) is 12.8 Å². The van der Waals surface area contributed by atoms with Gasteiger partial charge in [-0.1, -0.05) is 26.0 Å². The molecule has 0 aliphatic heterocycles. The molecule has 0 fully saturated rings. The van der Waals surface area contributed by atoms with Crippen molar-refractivity contribution in [2.75, 3.05) is 12.8 Å². The zero-order valence-electron chi connectivity index (χ0n) is 9.92. The van der Waals surface area contributed by atoms with E-state index in [1.54, 1.807) is 11.8 Å². The van der Waals surface area contributed by atoms with E-state index in [2.05, 4.69) is 49.7 Å². The Hall–Kier alpha value is -0.470. The van der Waals surface area contributed by atoms with Crippen molar-refractivity contribution in [3.05, 3.63) is 29.8 Å². The van der Waals surface area contributed by atoms with Gasteiger partial charge in [-0.3, -0.25) is 0 Å². The summed E-state index contributed by atoms with van der Waals surface area (Å²) in [5.41, 5.74) is 1.41. The van der Waals surface area contributed by atoms with Crippen LogP contribution in [0.3, 0.4) is 0 Å². The summed E-state index contributed by atoms with van der Waals surface area (Å²) in [4.78, 5) is 1.34. The molecule has 1 N–H and O–H groups in total. The van der Waals surface area contributed by atoms with E-state index >= 15 is 0 Å². The second kappa shape index (κ2) is 6.91. The van der Waals surface area contributed by atoms with Crippen LogP contribution in [0.25, 0.3) is 0 Å². The Morgan fingerprint density at radius 3 is 2.33 bits per heavy atom. The molecule has 1 rings (SSSR count). The maximum absolute atomic E-state index is 3.57. The molecule has 84 valence electrons. The highest BCUT2D eigenvalue weighted by molar-refractivity contribution is 7.98. The predicted octanol–water partition coefficient (Wildman–Crippen LogP) is 3.86. The van der Waals surface area contributed by atoms with Crippen molar-refractivity contribution in [1.82, 2.24) is 5.32 Å². The minimum absolute atomic E-state index is 0.515. The Kier molecular flexibility index (Phi) is 5.81. The van der Waals surface area contributed by atoms with E-state index in [1.165, 1.54) is 16.9 Å². The van der Waals surface area contributed by atoms with Crippen molar-refractivity contribution in [3.8, 4) is 0 Å². The van der Waals surface area contributed by atoms with Gasteiger partial charge in [-0.25, -0.2) is 0 Å². The van der Waals surface area contributed by atoms with Crippen LogP contribution in [0.4, 0.5) is 0 Å². The standard InChI is InChI=1S/C13H21NS/c1-4-10-14-13(5-2)11-6-8-12(15-3)9-7-11/h6-9,13-14H,4-5,10H2,1-3H3. The average Bonchev–Trinajstić information content (AvgIpc) is 2.31. The lowest BCUT2D eigenvalue weighted by atomic mass is 10.0. The largest absolute Gasteiger partial charge is 0.310 e. The fourth-order valence-corrected chi connectivity index (χ4v) is 2.06. The van der Waals surface area contributed by atoms with Gasteiger partial charge in [0.05, 0.1) is 0 Å². The highest BCUT2D eigenvalue weighted by atomic mass is 32.2. The first-order chi connectivity index (χ1) is 7.31. The Labute approximate surface area is 97.7 Å². The van der Waals surface area contributed by atoms with Gasteiger partial charge in [0.2, 0.25) is 0 Å². The van der Waals surface area contributed by atoms with Crippen LogP contribution in [0, 0.1) is 0 Å². The van der Waals surface area contributed by atoms with E-state index in [4.69, 9.17) is 0 Å². The van der Waals surface area contributed by atoms with E-state index < -0.39 is 0 Å². The average molecular weight is 223 g/mol. The summed E-state index contributed by atoms with van der Waals surface area (Å²) in [7, 11) is 0. The first-order valence-electron chi connectivity index (χ1n) is 5.69. The van der Waals surface area contributed by atoms with E-state index in [9.17, 15) is 0 Å². The molecule has 15 heavy (non-hydrogen) atoms. The fraction of sp³-hybridized carbons (Fsp3) is 0.538. The van der Waals surface area contributed by atoms with Crippen molar-refractivity contribution in [3.63, 3.8) is 0 Å². The lowest BCUT2D eigenvalue weighted by Crippen LogP contribution is -2.21. The van der Waals surface area contributed by atoms with Crippen molar-refractivity contribution in [2.45, 2.75) is 37.6 Å². The van der Waals surface area contributed by atoms with Crippen LogP contribution in [-0.2, 0) is 0 Å². The Bertz CT molecular complexity index is 268. The molecule has 2 heteroatoms. The van der Waals surface area contributed by atoms with Gasteiger partial charge in [-0.2, -0.15) is 0 Å². The number of nitrogens with one attached hydrogen (secondary N) is 1. The molecule has 0 bridgehead atoms. The summed E-state index contributed by atoms with van der Waals surface area (Å²) in [6, 6.07) is 9.40. The van der Waals surface area contributed by atoms with Crippen LogP contribution in [0.1, 0.15) is 38.3 Å². The fourth-order valence-electron chi connectivity index (χ4n) is 1.65. The molecule has 0 aliphatic rings. The van der Waals surface area contributed by atoms with Crippen molar-refractivity contribution in [2.24, 2.45) is 0 Å². The Morgan fingerprint density at radius 2 is 1.87 bits per heavy atom. The minimum Gasteiger partial charge on any atom is -0.310 e. The minimum atomic E-state index is 0.515. The summed E-state index contributed by atoms with van der Waals surface area (Å²) in [5.74, 6) is 0. The highest BCUT2D eigenvalue weighted by Gasteiger charge is 2.07. The SMILES string of the molecule is CCCNC(CC)c1ccc(SC)cc1. The van der Waals surface area contributed by atoms with E-state index in [0.29, 0.717) is 6.04 Å².